The van der Waals surface area contributed by atoms with Crippen LogP contribution in [0.4, 0.5) is 0 Å². The molecule has 1 saturated carbocycles. The maximum atomic E-state index is 11.9. The van der Waals surface area contributed by atoms with E-state index in [-0.39, 0.29) is 17.5 Å². The molecule has 2 atom stereocenters. The van der Waals surface area contributed by atoms with Gasteiger partial charge in [-0.3, -0.25) is 9.59 Å². The predicted octanol–water partition coefficient (Wildman–Crippen LogP) is 3.53. The molecule has 0 radical (unpaired) electrons. The second-order valence-corrected chi connectivity index (χ2v) is 4.99. The minimum Gasteiger partial charge on any atom is -0.299 e. The lowest BCUT2D eigenvalue weighted by Crippen LogP contribution is -2.31. The van der Waals surface area contributed by atoms with Crippen molar-refractivity contribution >= 4 is 11.6 Å². The number of carbonyl (C=O) groups excluding carboxylic acids is 2. The van der Waals surface area contributed by atoms with Crippen molar-refractivity contribution in [1.82, 2.24) is 0 Å². The van der Waals surface area contributed by atoms with Crippen LogP contribution in [0.25, 0.3) is 0 Å². The van der Waals surface area contributed by atoms with Crippen LogP contribution in [0.5, 0.6) is 0 Å². The Morgan fingerprint density at radius 3 is 2.69 bits per heavy atom. The van der Waals surface area contributed by atoms with Crippen molar-refractivity contribution in [3.63, 3.8) is 0 Å². The van der Waals surface area contributed by atoms with Crippen LogP contribution in [0, 0.1) is 11.8 Å². The summed E-state index contributed by atoms with van der Waals surface area (Å²) in [7, 11) is 0. The zero-order valence-electron chi connectivity index (χ0n) is 10.6. The number of rotatable bonds is 6. The molecular weight excluding hydrogens is 200 g/mol. The second kappa shape index (κ2) is 6.82. The largest absolute Gasteiger partial charge is 0.299 e. The van der Waals surface area contributed by atoms with Gasteiger partial charge in [-0.1, -0.05) is 33.1 Å². The number of Topliss-reactive ketones (excluding diaryl/α,β-unsaturated/α-hetero) is 2. The standard InChI is InChI=1S/C14H24O2/c1-3-5-6-7-13(15)12-10-11(4-2)8-9-14(12)16/h11-12H,3-10H2,1-2H3. The number of hydrogen-bond donors (Lipinski definition) is 0. The first kappa shape index (κ1) is 13.4. The first-order chi connectivity index (χ1) is 7.69. The van der Waals surface area contributed by atoms with Gasteiger partial charge < -0.3 is 0 Å². The number of carbonyl (C=O) groups is 2. The highest BCUT2D eigenvalue weighted by molar-refractivity contribution is 6.02. The Morgan fingerprint density at radius 1 is 1.31 bits per heavy atom. The molecule has 0 saturated heterocycles. The SMILES string of the molecule is CCCCCC(=O)C1CC(CC)CCC1=O. The van der Waals surface area contributed by atoms with E-state index in [0.29, 0.717) is 18.8 Å². The van der Waals surface area contributed by atoms with E-state index in [1.807, 2.05) is 0 Å². The van der Waals surface area contributed by atoms with Gasteiger partial charge in [-0.25, -0.2) is 0 Å². The first-order valence-electron chi connectivity index (χ1n) is 6.74. The molecule has 1 aliphatic rings. The molecule has 0 aromatic heterocycles. The topological polar surface area (TPSA) is 34.1 Å². The van der Waals surface area contributed by atoms with Gasteiger partial charge in [0.25, 0.3) is 0 Å². The summed E-state index contributed by atoms with van der Waals surface area (Å²) in [6, 6.07) is 0. The van der Waals surface area contributed by atoms with Gasteiger partial charge in [0.1, 0.15) is 11.6 Å². The maximum Gasteiger partial charge on any atom is 0.143 e. The van der Waals surface area contributed by atoms with Crippen molar-refractivity contribution in [2.24, 2.45) is 11.8 Å². The quantitative estimate of drug-likeness (QED) is 0.511. The summed E-state index contributed by atoms with van der Waals surface area (Å²) in [5, 5.41) is 0. The summed E-state index contributed by atoms with van der Waals surface area (Å²) in [4.78, 5) is 23.6. The molecule has 0 heterocycles. The molecule has 16 heavy (non-hydrogen) atoms. The third kappa shape index (κ3) is 3.73. The Kier molecular flexibility index (Phi) is 5.72. The maximum absolute atomic E-state index is 11.9. The van der Waals surface area contributed by atoms with E-state index in [4.69, 9.17) is 0 Å². The highest BCUT2D eigenvalue weighted by Crippen LogP contribution is 2.30. The van der Waals surface area contributed by atoms with E-state index in [1.165, 1.54) is 0 Å². The van der Waals surface area contributed by atoms with Crippen LogP contribution in [0.2, 0.25) is 0 Å². The normalized spacial score (nSPS) is 25.8. The summed E-state index contributed by atoms with van der Waals surface area (Å²) in [5.74, 6) is 0.746. The lowest BCUT2D eigenvalue weighted by Gasteiger charge is -2.26. The molecule has 0 aliphatic heterocycles. The second-order valence-electron chi connectivity index (χ2n) is 4.99. The highest BCUT2D eigenvalue weighted by atomic mass is 16.1. The van der Waals surface area contributed by atoms with Gasteiger partial charge in [0.05, 0.1) is 5.92 Å². The fourth-order valence-corrected chi connectivity index (χ4v) is 2.51. The van der Waals surface area contributed by atoms with Crippen LogP contribution in [-0.2, 0) is 9.59 Å². The molecular formula is C14H24O2. The fourth-order valence-electron chi connectivity index (χ4n) is 2.51. The van der Waals surface area contributed by atoms with E-state index >= 15 is 0 Å². The Bertz CT molecular complexity index is 245. The molecule has 2 heteroatoms. The summed E-state index contributed by atoms with van der Waals surface area (Å²) in [5.41, 5.74) is 0. The Labute approximate surface area is 98.8 Å². The van der Waals surface area contributed by atoms with Crippen LogP contribution in [0.3, 0.4) is 0 Å². The third-order valence-electron chi connectivity index (χ3n) is 3.75. The molecule has 92 valence electrons. The van der Waals surface area contributed by atoms with E-state index in [1.54, 1.807) is 0 Å². The van der Waals surface area contributed by atoms with Gasteiger partial charge in [-0.15, -0.1) is 0 Å². The molecule has 0 amide bonds. The van der Waals surface area contributed by atoms with Crippen LogP contribution in [0.15, 0.2) is 0 Å². The van der Waals surface area contributed by atoms with Crippen molar-refractivity contribution in [2.45, 2.75) is 65.2 Å². The lowest BCUT2D eigenvalue weighted by molar-refractivity contribution is -0.135. The van der Waals surface area contributed by atoms with Gasteiger partial charge >= 0.3 is 0 Å². The van der Waals surface area contributed by atoms with Crippen LogP contribution >= 0.6 is 0 Å². The monoisotopic (exact) mass is 224 g/mol. The van der Waals surface area contributed by atoms with Crippen molar-refractivity contribution in [2.75, 3.05) is 0 Å². The van der Waals surface area contributed by atoms with Gasteiger partial charge in [0.2, 0.25) is 0 Å². The zero-order valence-corrected chi connectivity index (χ0v) is 10.6. The summed E-state index contributed by atoms with van der Waals surface area (Å²) in [6.45, 7) is 4.28. The highest BCUT2D eigenvalue weighted by Gasteiger charge is 2.32. The minimum absolute atomic E-state index is 0.200. The smallest absolute Gasteiger partial charge is 0.143 e. The van der Waals surface area contributed by atoms with Crippen LogP contribution in [-0.4, -0.2) is 11.6 Å². The molecule has 0 aromatic rings. The van der Waals surface area contributed by atoms with E-state index in [2.05, 4.69) is 13.8 Å². The Hall–Kier alpha value is -0.660. The Balaban J connectivity index is 2.42. The molecule has 0 N–H and O–H groups in total. The lowest BCUT2D eigenvalue weighted by atomic mass is 9.76. The number of ketones is 2. The zero-order chi connectivity index (χ0) is 12.0. The van der Waals surface area contributed by atoms with E-state index in [9.17, 15) is 9.59 Å². The minimum atomic E-state index is -0.254. The van der Waals surface area contributed by atoms with Crippen LogP contribution < -0.4 is 0 Å². The average molecular weight is 224 g/mol. The molecule has 1 rings (SSSR count). The first-order valence-corrected chi connectivity index (χ1v) is 6.74. The molecule has 2 unspecified atom stereocenters. The van der Waals surface area contributed by atoms with Gasteiger partial charge in [-0.2, -0.15) is 0 Å². The molecule has 1 fully saturated rings. The van der Waals surface area contributed by atoms with Crippen molar-refractivity contribution < 1.29 is 9.59 Å². The summed E-state index contributed by atoms with van der Waals surface area (Å²) < 4.78 is 0. The molecule has 0 aromatic carbocycles. The van der Waals surface area contributed by atoms with E-state index < -0.39 is 0 Å². The molecule has 1 aliphatic carbocycles. The summed E-state index contributed by atoms with van der Waals surface area (Å²) >= 11 is 0. The van der Waals surface area contributed by atoms with Gasteiger partial charge in [-0.05, 0) is 25.2 Å². The van der Waals surface area contributed by atoms with Gasteiger partial charge in [0.15, 0.2) is 0 Å². The molecule has 0 spiro atoms. The third-order valence-corrected chi connectivity index (χ3v) is 3.75. The fraction of sp³-hybridized carbons (Fsp3) is 0.857. The van der Waals surface area contributed by atoms with Crippen molar-refractivity contribution in [1.29, 1.82) is 0 Å². The average Bonchev–Trinajstić information content (AvgIpc) is 2.30. The number of unbranched alkanes of at least 4 members (excludes halogenated alkanes) is 2. The molecule has 2 nitrogen and oxygen atoms in total. The number of hydrogen-bond acceptors (Lipinski definition) is 2. The predicted molar refractivity (Wildman–Crippen MR) is 65.3 cm³/mol. The van der Waals surface area contributed by atoms with Crippen LogP contribution in [0.1, 0.15) is 65.2 Å². The van der Waals surface area contributed by atoms with Crippen molar-refractivity contribution in [3.8, 4) is 0 Å². The van der Waals surface area contributed by atoms with Gasteiger partial charge in [0, 0.05) is 12.8 Å². The Morgan fingerprint density at radius 2 is 2.06 bits per heavy atom. The van der Waals surface area contributed by atoms with E-state index in [0.717, 1.165) is 38.5 Å². The van der Waals surface area contributed by atoms with Crippen molar-refractivity contribution in [3.05, 3.63) is 0 Å². The molecule has 0 bridgehead atoms. The summed E-state index contributed by atoms with van der Waals surface area (Å²) in [6.07, 6.45) is 7.34.